The van der Waals surface area contributed by atoms with E-state index < -0.39 is 0 Å². The van der Waals surface area contributed by atoms with Crippen LogP contribution >= 0.6 is 0 Å². The highest BCUT2D eigenvalue weighted by Crippen LogP contribution is 2.19. The number of hydrogen-bond donors (Lipinski definition) is 1. The fourth-order valence-corrected chi connectivity index (χ4v) is 2.28. The van der Waals surface area contributed by atoms with Crippen molar-refractivity contribution < 1.29 is 9.59 Å². The van der Waals surface area contributed by atoms with Gasteiger partial charge in [0.05, 0.1) is 0 Å². The first-order valence-corrected chi connectivity index (χ1v) is 7.00. The Kier molecular flexibility index (Phi) is 4.61. The molecule has 0 atom stereocenters. The fraction of sp³-hybridized carbons (Fsp3) is 0.467. The van der Waals surface area contributed by atoms with E-state index in [1.165, 1.54) is 0 Å². The van der Waals surface area contributed by atoms with E-state index >= 15 is 0 Å². The fourth-order valence-electron chi connectivity index (χ4n) is 2.28. The predicted octanol–water partition coefficient (Wildman–Crippen LogP) is 1.70. The van der Waals surface area contributed by atoms with Crippen LogP contribution in [0.2, 0.25) is 0 Å². The molecule has 108 valence electrons. The van der Waals surface area contributed by atoms with Gasteiger partial charge < -0.3 is 15.1 Å². The van der Waals surface area contributed by atoms with E-state index in [1.54, 1.807) is 6.92 Å². The van der Waals surface area contributed by atoms with E-state index in [2.05, 4.69) is 10.2 Å². The molecule has 1 saturated heterocycles. The third kappa shape index (κ3) is 3.50. The molecule has 1 aromatic carbocycles. The first-order valence-electron chi connectivity index (χ1n) is 7.00. The Morgan fingerprint density at radius 2 is 1.70 bits per heavy atom. The molecule has 1 fully saturated rings. The molecule has 1 heterocycles. The second-order valence-electron chi connectivity index (χ2n) is 4.94. The topological polar surface area (TPSA) is 52.7 Å². The monoisotopic (exact) mass is 275 g/mol. The van der Waals surface area contributed by atoms with Gasteiger partial charge in [0, 0.05) is 50.9 Å². The molecule has 0 radical (unpaired) electrons. The third-order valence-electron chi connectivity index (χ3n) is 3.56. The van der Waals surface area contributed by atoms with Crippen LogP contribution in [0.15, 0.2) is 24.3 Å². The molecule has 0 saturated carbocycles. The largest absolute Gasteiger partial charge is 0.368 e. The first-order chi connectivity index (χ1) is 9.60. The molecule has 1 N–H and O–H groups in total. The number of nitrogens with zero attached hydrogens (tertiary/aromatic N) is 2. The van der Waals surface area contributed by atoms with E-state index in [0.717, 1.165) is 37.6 Å². The van der Waals surface area contributed by atoms with Gasteiger partial charge in [-0.2, -0.15) is 0 Å². The van der Waals surface area contributed by atoms with Gasteiger partial charge in [-0.1, -0.05) is 6.92 Å². The molecule has 2 rings (SSSR count). The highest BCUT2D eigenvalue weighted by Gasteiger charge is 2.18. The van der Waals surface area contributed by atoms with Gasteiger partial charge in [0.2, 0.25) is 11.8 Å². The van der Waals surface area contributed by atoms with E-state index in [1.807, 2.05) is 36.1 Å². The van der Waals surface area contributed by atoms with Crippen LogP contribution < -0.4 is 10.2 Å². The van der Waals surface area contributed by atoms with Crippen molar-refractivity contribution >= 4 is 23.2 Å². The van der Waals surface area contributed by atoms with Gasteiger partial charge in [0.1, 0.15) is 0 Å². The number of piperazine rings is 1. The van der Waals surface area contributed by atoms with E-state index in [-0.39, 0.29) is 11.8 Å². The van der Waals surface area contributed by atoms with Gasteiger partial charge in [-0.25, -0.2) is 0 Å². The lowest BCUT2D eigenvalue weighted by Gasteiger charge is -2.35. The molecule has 2 amide bonds. The molecular weight excluding hydrogens is 254 g/mol. The van der Waals surface area contributed by atoms with E-state index in [9.17, 15) is 9.59 Å². The second-order valence-corrected chi connectivity index (χ2v) is 4.94. The number of benzene rings is 1. The molecule has 0 aliphatic carbocycles. The highest BCUT2D eigenvalue weighted by atomic mass is 16.2. The lowest BCUT2D eigenvalue weighted by atomic mass is 10.2. The van der Waals surface area contributed by atoms with Gasteiger partial charge in [0.15, 0.2) is 0 Å². The van der Waals surface area contributed by atoms with Crippen molar-refractivity contribution in [2.45, 2.75) is 20.3 Å². The summed E-state index contributed by atoms with van der Waals surface area (Å²) < 4.78 is 0. The Bertz CT molecular complexity index is 476. The van der Waals surface area contributed by atoms with Crippen LogP contribution in [-0.2, 0) is 9.59 Å². The number of carbonyl (C=O) groups is 2. The molecule has 0 spiro atoms. The van der Waals surface area contributed by atoms with Crippen LogP contribution in [0.25, 0.3) is 0 Å². The summed E-state index contributed by atoms with van der Waals surface area (Å²) in [5.74, 6) is 0.162. The molecule has 0 aromatic heterocycles. The minimum absolute atomic E-state index is 0.0211. The van der Waals surface area contributed by atoms with Crippen molar-refractivity contribution in [3.05, 3.63) is 24.3 Å². The van der Waals surface area contributed by atoms with E-state index in [4.69, 9.17) is 0 Å². The summed E-state index contributed by atoms with van der Waals surface area (Å²) in [7, 11) is 0. The maximum atomic E-state index is 11.3. The molecular formula is C15H21N3O2. The molecule has 5 heteroatoms. The molecule has 0 unspecified atom stereocenters. The minimum atomic E-state index is 0.0211. The van der Waals surface area contributed by atoms with Crippen LogP contribution in [0.4, 0.5) is 11.4 Å². The summed E-state index contributed by atoms with van der Waals surface area (Å²) in [6.07, 6.45) is 0.481. The van der Waals surface area contributed by atoms with Crippen molar-refractivity contribution in [2.24, 2.45) is 0 Å². The van der Waals surface area contributed by atoms with Gasteiger partial charge in [-0.05, 0) is 24.3 Å². The lowest BCUT2D eigenvalue weighted by Crippen LogP contribution is -2.48. The van der Waals surface area contributed by atoms with Crippen LogP contribution in [-0.4, -0.2) is 42.9 Å². The van der Waals surface area contributed by atoms with Crippen LogP contribution in [0.3, 0.4) is 0 Å². The summed E-state index contributed by atoms with van der Waals surface area (Å²) in [6.45, 7) is 6.67. The number of amides is 2. The zero-order valence-electron chi connectivity index (χ0n) is 12.1. The number of hydrogen-bond acceptors (Lipinski definition) is 3. The van der Waals surface area contributed by atoms with Crippen LogP contribution in [0.5, 0.6) is 0 Å². The summed E-state index contributed by atoms with van der Waals surface area (Å²) in [5.41, 5.74) is 1.95. The summed E-state index contributed by atoms with van der Waals surface area (Å²) in [4.78, 5) is 26.7. The second kappa shape index (κ2) is 6.41. The SMILES string of the molecule is CCC(=O)Nc1ccc(N2CCN(C(C)=O)CC2)cc1. The van der Waals surface area contributed by atoms with Crippen LogP contribution in [0, 0.1) is 0 Å². The predicted molar refractivity (Wildman–Crippen MR) is 79.8 cm³/mol. The van der Waals surface area contributed by atoms with Gasteiger partial charge in [-0.3, -0.25) is 9.59 Å². The molecule has 1 aliphatic heterocycles. The van der Waals surface area contributed by atoms with Gasteiger partial charge in [-0.15, -0.1) is 0 Å². The Labute approximate surface area is 119 Å². The molecule has 1 aromatic rings. The van der Waals surface area contributed by atoms with Gasteiger partial charge in [0.25, 0.3) is 0 Å². The van der Waals surface area contributed by atoms with Crippen molar-refractivity contribution in [1.82, 2.24) is 4.90 Å². The van der Waals surface area contributed by atoms with Crippen LogP contribution in [0.1, 0.15) is 20.3 Å². The standard InChI is InChI=1S/C15H21N3O2/c1-3-15(20)16-13-4-6-14(7-5-13)18-10-8-17(9-11-18)12(2)19/h4-7H,3,8-11H2,1-2H3,(H,16,20). The smallest absolute Gasteiger partial charge is 0.224 e. The average Bonchev–Trinajstić information content (AvgIpc) is 2.48. The number of anilines is 2. The number of carbonyl (C=O) groups excluding carboxylic acids is 2. The summed E-state index contributed by atoms with van der Waals surface area (Å²) >= 11 is 0. The molecule has 0 bridgehead atoms. The highest BCUT2D eigenvalue weighted by molar-refractivity contribution is 5.90. The Morgan fingerprint density at radius 3 is 2.20 bits per heavy atom. The Balaban J connectivity index is 1.94. The zero-order chi connectivity index (χ0) is 14.5. The number of nitrogens with one attached hydrogen (secondary N) is 1. The third-order valence-corrected chi connectivity index (χ3v) is 3.56. The normalized spacial score (nSPS) is 15.1. The lowest BCUT2D eigenvalue weighted by molar-refractivity contribution is -0.129. The van der Waals surface area contributed by atoms with Crippen molar-refractivity contribution in [3.8, 4) is 0 Å². The summed E-state index contributed by atoms with van der Waals surface area (Å²) in [5, 5.41) is 2.83. The average molecular weight is 275 g/mol. The van der Waals surface area contributed by atoms with Crippen molar-refractivity contribution in [2.75, 3.05) is 36.4 Å². The Morgan fingerprint density at radius 1 is 1.10 bits per heavy atom. The molecule has 20 heavy (non-hydrogen) atoms. The van der Waals surface area contributed by atoms with Crippen molar-refractivity contribution in [1.29, 1.82) is 0 Å². The number of rotatable bonds is 3. The molecule has 1 aliphatic rings. The maximum absolute atomic E-state index is 11.3. The van der Waals surface area contributed by atoms with Crippen molar-refractivity contribution in [3.63, 3.8) is 0 Å². The summed E-state index contributed by atoms with van der Waals surface area (Å²) in [6, 6.07) is 7.85. The molecule has 5 nitrogen and oxygen atoms in total. The quantitative estimate of drug-likeness (QED) is 0.913. The van der Waals surface area contributed by atoms with Gasteiger partial charge >= 0.3 is 0 Å². The first kappa shape index (κ1) is 14.4. The van der Waals surface area contributed by atoms with E-state index in [0.29, 0.717) is 6.42 Å². The Hall–Kier alpha value is -2.04. The maximum Gasteiger partial charge on any atom is 0.224 e. The minimum Gasteiger partial charge on any atom is -0.368 e. The zero-order valence-corrected chi connectivity index (χ0v) is 12.1.